The maximum absolute atomic E-state index is 6.13. The molecule has 0 N–H and O–H groups in total. The summed E-state index contributed by atoms with van der Waals surface area (Å²) in [6.45, 7) is 2.07. The maximum Gasteiger partial charge on any atom is 0.277 e. The number of benzene rings is 1. The van der Waals surface area contributed by atoms with Crippen molar-refractivity contribution in [2.24, 2.45) is 0 Å². The molecule has 0 radical (unpaired) electrons. The van der Waals surface area contributed by atoms with Crippen molar-refractivity contribution < 1.29 is 4.42 Å². The molecule has 3 rings (SSSR count). The number of thioether (sulfide) groups is 1. The standard InChI is InChI=1S/C15H12ClN3OS/c1-10(11-5-4-8-17-9-11)21-15-19-18-14(20-15)12-6-2-3-7-13(12)16/h2-10H,1H3/t10-/m1/s1. The number of hydrogen-bond acceptors (Lipinski definition) is 5. The lowest BCUT2D eigenvalue weighted by atomic mass is 10.2. The van der Waals surface area contributed by atoms with Gasteiger partial charge in [0.1, 0.15) is 0 Å². The van der Waals surface area contributed by atoms with Gasteiger partial charge in [-0.3, -0.25) is 4.98 Å². The van der Waals surface area contributed by atoms with Crippen LogP contribution in [0.2, 0.25) is 5.02 Å². The SMILES string of the molecule is C[C@@H](Sc1nnc(-c2ccccc2Cl)o1)c1cccnc1. The van der Waals surface area contributed by atoms with Crippen molar-refractivity contribution in [3.63, 3.8) is 0 Å². The lowest BCUT2D eigenvalue weighted by Crippen LogP contribution is -1.88. The van der Waals surface area contributed by atoms with E-state index < -0.39 is 0 Å². The lowest BCUT2D eigenvalue weighted by molar-refractivity contribution is 0.465. The molecule has 0 saturated carbocycles. The van der Waals surface area contributed by atoms with E-state index >= 15 is 0 Å². The van der Waals surface area contributed by atoms with Crippen LogP contribution in [-0.4, -0.2) is 15.2 Å². The lowest BCUT2D eigenvalue weighted by Gasteiger charge is -2.07. The highest BCUT2D eigenvalue weighted by Crippen LogP contribution is 2.35. The summed E-state index contributed by atoms with van der Waals surface area (Å²) in [5.41, 5.74) is 1.85. The zero-order valence-electron chi connectivity index (χ0n) is 11.2. The number of pyridine rings is 1. The van der Waals surface area contributed by atoms with Crippen LogP contribution in [0.1, 0.15) is 17.7 Å². The first-order valence-corrected chi connectivity index (χ1v) is 7.65. The summed E-state index contributed by atoms with van der Waals surface area (Å²) >= 11 is 7.62. The van der Waals surface area contributed by atoms with E-state index in [-0.39, 0.29) is 5.25 Å². The molecule has 1 atom stereocenters. The Morgan fingerprint density at radius 1 is 1.14 bits per heavy atom. The zero-order chi connectivity index (χ0) is 14.7. The Kier molecular flexibility index (Phi) is 4.22. The molecule has 1 aromatic carbocycles. The van der Waals surface area contributed by atoms with E-state index in [1.165, 1.54) is 11.8 Å². The summed E-state index contributed by atoms with van der Waals surface area (Å²) in [5, 5.41) is 9.41. The first-order chi connectivity index (χ1) is 10.2. The van der Waals surface area contributed by atoms with Crippen molar-refractivity contribution in [1.82, 2.24) is 15.2 Å². The Morgan fingerprint density at radius 3 is 2.76 bits per heavy atom. The Hall–Kier alpha value is -1.85. The van der Waals surface area contributed by atoms with Crippen LogP contribution < -0.4 is 0 Å². The topological polar surface area (TPSA) is 51.8 Å². The van der Waals surface area contributed by atoms with E-state index in [0.29, 0.717) is 16.1 Å². The molecule has 2 heterocycles. The average molecular weight is 318 g/mol. The summed E-state index contributed by atoms with van der Waals surface area (Å²) < 4.78 is 5.68. The van der Waals surface area contributed by atoms with Gasteiger partial charge in [0, 0.05) is 17.6 Å². The van der Waals surface area contributed by atoms with E-state index in [2.05, 4.69) is 22.1 Å². The van der Waals surface area contributed by atoms with Gasteiger partial charge >= 0.3 is 0 Å². The van der Waals surface area contributed by atoms with Gasteiger partial charge in [-0.2, -0.15) is 0 Å². The molecular weight excluding hydrogens is 306 g/mol. The van der Waals surface area contributed by atoms with Crippen LogP contribution in [-0.2, 0) is 0 Å². The number of halogens is 1. The number of aromatic nitrogens is 3. The third-order valence-electron chi connectivity index (χ3n) is 2.94. The van der Waals surface area contributed by atoms with Crippen molar-refractivity contribution in [2.45, 2.75) is 17.4 Å². The molecule has 3 aromatic rings. The van der Waals surface area contributed by atoms with Crippen LogP contribution in [0, 0.1) is 0 Å². The van der Waals surface area contributed by atoms with Crippen LogP contribution >= 0.6 is 23.4 Å². The summed E-state index contributed by atoms with van der Waals surface area (Å²) in [4.78, 5) is 4.11. The third-order valence-corrected chi connectivity index (χ3v) is 4.26. The molecular formula is C15H12ClN3OS. The van der Waals surface area contributed by atoms with E-state index in [1.54, 1.807) is 12.3 Å². The first kappa shape index (κ1) is 14.1. The highest BCUT2D eigenvalue weighted by Gasteiger charge is 2.15. The Bertz CT molecular complexity index is 733. The van der Waals surface area contributed by atoms with Crippen molar-refractivity contribution in [1.29, 1.82) is 0 Å². The minimum atomic E-state index is 0.179. The second-order valence-corrected chi connectivity index (χ2v) is 6.10. The number of nitrogens with zero attached hydrogens (tertiary/aromatic N) is 3. The summed E-state index contributed by atoms with van der Waals surface area (Å²) in [5.74, 6) is 0.432. The van der Waals surface area contributed by atoms with Crippen LogP contribution in [0.25, 0.3) is 11.5 Å². The molecule has 2 aromatic heterocycles. The fourth-order valence-electron chi connectivity index (χ4n) is 1.84. The zero-order valence-corrected chi connectivity index (χ0v) is 12.8. The molecule has 0 spiro atoms. The smallest absolute Gasteiger partial charge is 0.277 e. The normalized spacial score (nSPS) is 12.3. The highest BCUT2D eigenvalue weighted by atomic mass is 35.5. The Balaban J connectivity index is 1.78. The Labute approximate surface area is 131 Å². The van der Waals surface area contributed by atoms with E-state index in [4.69, 9.17) is 16.0 Å². The van der Waals surface area contributed by atoms with Crippen molar-refractivity contribution >= 4 is 23.4 Å². The molecule has 0 bridgehead atoms. The van der Waals surface area contributed by atoms with E-state index in [9.17, 15) is 0 Å². The number of rotatable bonds is 4. The fourth-order valence-corrected chi connectivity index (χ4v) is 2.85. The first-order valence-electron chi connectivity index (χ1n) is 6.39. The quantitative estimate of drug-likeness (QED) is 0.656. The van der Waals surface area contributed by atoms with E-state index in [1.807, 2.05) is 36.5 Å². The van der Waals surface area contributed by atoms with Gasteiger partial charge in [0.15, 0.2) is 0 Å². The molecule has 0 aliphatic rings. The van der Waals surface area contributed by atoms with Gasteiger partial charge in [-0.25, -0.2) is 0 Å². The van der Waals surface area contributed by atoms with Gasteiger partial charge < -0.3 is 4.42 Å². The fraction of sp³-hybridized carbons (Fsp3) is 0.133. The van der Waals surface area contributed by atoms with Crippen LogP contribution in [0.4, 0.5) is 0 Å². The summed E-state index contributed by atoms with van der Waals surface area (Å²) in [6.07, 6.45) is 3.59. The maximum atomic E-state index is 6.13. The van der Waals surface area contributed by atoms with Gasteiger partial charge in [0.2, 0.25) is 5.89 Å². The molecule has 0 unspecified atom stereocenters. The summed E-state index contributed by atoms with van der Waals surface area (Å²) in [7, 11) is 0. The summed E-state index contributed by atoms with van der Waals surface area (Å²) in [6, 6.07) is 11.3. The molecule has 6 heteroatoms. The van der Waals surface area contributed by atoms with Gasteiger partial charge in [-0.1, -0.05) is 41.6 Å². The predicted octanol–water partition coefficient (Wildman–Crippen LogP) is 4.64. The van der Waals surface area contributed by atoms with Gasteiger partial charge in [-0.15, -0.1) is 10.2 Å². The molecule has 0 saturated heterocycles. The van der Waals surface area contributed by atoms with Gasteiger partial charge in [0.05, 0.1) is 10.6 Å². The molecule has 4 nitrogen and oxygen atoms in total. The van der Waals surface area contributed by atoms with Crippen LogP contribution in [0.3, 0.4) is 0 Å². The molecule has 0 aliphatic carbocycles. The monoisotopic (exact) mass is 317 g/mol. The minimum Gasteiger partial charge on any atom is -0.411 e. The van der Waals surface area contributed by atoms with Gasteiger partial charge in [-0.05, 0) is 30.7 Å². The van der Waals surface area contributed by atoms with Crippen molar-refractivity contribution in [2.75, 3.05) is 0 Å². The molecule has 0 aliphatic heterocycles. The molecule has 106 valence electrons. The minimum absolute atomic E-state index is 0.179. The average Bonchev–Trinajstić information content (AvgIpc) is 2.97. The number of hydrogen-bond donors (Lipinski definition) is 0. The molecule has 0 fully saturated rings. The second kappa shape index (κ2) is 6.28. The second-order valence-electron chi connectivity index (χ2n) is 4.40. The van der Waals surface area contributed by atoms with Crippen LogP contribution in [0.15, 0.2) is 58.4 Å². The van der Waals surface area contributed by atoms with Crippen LogP contribution in [0.5, 0.6) is 0 Å². The molecule has 0 amide bonds. The van der Waals surface area contributed by atoms with Gasteiger partial charge in [0.25, 0.3) is 5.22 Å². The van der Waals surface area contributed by atoms with Crippen molar-refractivity contribution in [3.05, 3.63) is 59.4 Å². The van der Waals surface area contributed by atoms with Crippen molar-refractivity contribution in [3.8, 4) is 11.5 Å². The predicted molar refractivity (Wildman–Crippen MR) is 83.3 cm³/mol. The molecule has 21 heavy (non-hydrogen) atoms. The Morgan fingerprint density at radius 2 is 2.00 bits per heavy atom. The third kappa shape index (κ3) is 3.25. The largest absolute Gasteiger partial charge is 0.411 e. The highest BCUT2D eigenvalue weighted by molar-refractivity contribution is 7.99. The van der Waals surface area contributed by atoms with E-state index in [0.717, 1.165) is 11.1 Å².